The lowest BCUT2D eigenvalue weighted by molar-refractivity contribution is -0.143. The first-order chi connectivity index (χ1) is 8.09. The number of carboxylic acids is 1. The smallest absolute Gasteiger partial charge is 0.328 e. The van der Waals surface area contributed by atoms with Crippen LogP contribution in [0.25, 0.3) is 0 Å². The van der Waals surface area contributed by atoms with E-state index in [1.165, 1.54) is 6.92 Å². The highest BCUT2D eigenvalue weighted by Gasteiger charge is 2.27. The molecule has 0 radical (unpaired) electrons. The van der Waals surface area contributed by atoms with E-state index in [-0.39, 0.29) is 5.91 Å². The summed E-state index contributed by atoms with van der Waals surface area (Å²) >= 11 is 0. The Hall–Kier alpha value is -1.63. The molecule has 0 aliphatic rings. The van der Waals surface area contributed by atoms with Crippen LogP contribution in [0, 0.1) is 5.41 Å². The van der Waals surface area contributed by atoms with Gasteiger partial charge in [0.25, 0.3) is 0 Å². The highest BCUT2D eigenvalue weighted by atomic mass is 16.4. The molecule has 2 amide bonds. The van der Waals surface area contributed by atoms with Gasteiger partial charge in [-0.1, -0.05) is 20.8 Å². The zero-order chi connectivity index (χ0) is 14.5. The fraction of sp³-hybridized carbons (Fsp3) is 0.727. The summed E-state index contributed by atoms with van der Waals surface area (Å²) in [7, 11) is 0. The van der Waals surface area contributed by atoms with Crippen molar-refractivity contribution in [3.05, 3.63) is 0 Å². The van der Waals surface area contributed by atoms with Gasteiger partial charge in [0.1, 0.15) is 12.1 Å². The van der Waals surface area contributed by atoms with Gasteiger partial charge in [0.2, 0.25) is 11.8 Å². The summed E-state index contributed by atoms with van der Waals surface area (Å²) < 4.78 is 0. The number of nitrogens with one attached hydrogen (secondary N) is 2. The second-order valence-electron chi connectivity index (χ2n) is 5.03. The van der Waals surface area contributed by atoms with Gasteiger partial charge in [0.15, 0.2) is 0 Å². The molecule has 0 rings (SSSR count). The fourth-order valence-corrected chi connectivity index (χ4v) is 0.961. The number of carbonyl (C=O) groups is 3. The highest BCUT2D eigenvalue weighted by molar-refractivity contribution is 5.91. The van der Waals surface area contributed by atoms with E-state index < -0.39 is 36.0 Å². The molecule has 0 heterocycles. The van der Waals surface area contributed by atoms with E-state index in [0.717, 1.165) is 0 Å². The van der Waals surface area contributed by atoms with Crippen LogP contribution < -0.4 is 10.6 Å². The van der Waals surface area contributed by atoms with Gasteiger partial charge in [-0.3, -0.25) is 9.59 Å². The Balaban J connectivity index is 4.44. The van der Waals surface area contributed by atoms with E-state index in [1.807, 2.05) is 0 Å². The third kappa shape index (κ3) is 5.13. The number of rotatable bonds is 5. The van der Waals surface area contributed by atoms with Crippen molar-refractivity contribution >= 4 is 17.8 Å². The molecule has 0 saturated heterocycles. The average Bonchev–Trinajstić information content (AvgIpc) is 2.23. The molecular weight excluding hydrogens is 240 g/mol. The number of amides is 2. The Morgan fingerprint density at radius 3 is 2.00 bits per heavy atom. The predicted molar refractivity (Wildman–Crippen MR) is 63.7 cm³/mol. The molecule has 0 spiro atoms. The zero-order valence-corrected chi connectivity index (χ0v) is 11.0. The quantitative estimate of drug-likeness (QED) is 0.511. The van der Waals surface area contributed by atoms with E-state index in [1.54, 1.807) is 20.8 Å². The largest absolute Gasteiger partial charge is 0.480 e. The second kappa shape index (κ2) is 6.34. The van der Waals surface area contributed by atoms with Crippen molar-refractivity contribution in [2.75, 3.05) is 6.61 Å². The van der Waals surface area contributed by atoms with E-state index in [9.17, 15) is 14.4 Å². The van der Waals surface area contributed by atoms with E-state index in [0.29, 0.717) is 0 Å². The van der Waals surface area contributed by atoms with E-state index in [4.69, 9.17) is 10.2 Å². The number of aliphatic hydroxyl groups excluding tert-OH is 1. The second-order valence-corrected chi connectivity index (χ2v) is 5.03. The molecule has 0 saturated carbocycles. The molecule has 4 N–H and O–H groups in total. The van der Waals surface area contributed by atoms with Gasteiger partial charge >= 0.3 is 5.97 Å². The summed E-state index contributed by atoms with van der Waals surface area (Å²) in [5, 5.41) is 22.0. The van der Waals surface area contributed by atoms with Crippen LogP contribution in [0.1, 0.15) is 27.7 Å². The Bertz CT molecular complexity index is 335. The minimum Gasteiger partial charge on any atom is -0.480 e. The lowest BCUT2D eigenvalue weighted by atomic mass is 9.95. The summed E-state index contributed by atoms with van der Waals surface area (Å²) in [6.07, 6.45) is 0. The molecular formula is C11H20N2O5. The van der Waals surface area contributed by atoms with Gasteiger partial charge in [-0.25, -0.2) is 4.79 Å². The first-order valence-electron chi connectivity index (χ1n) is 5.54. The molecule has 104 valence electrons. The van der Waals surface area contributed by atoms with Crippen LogP contribution >= 0.6 is 0 Å². The number of carbonyl (C=O) groups excluding carboxylic acids is 2. The van der Waals surface area contributed by atoms with Crippen molar-refractivity contribution in [3.8, 4) is 0 Å². The van der Waals surface area contributed by atoms with Crippen molar-refractivity contribution in [3.63, 3.8) is 0 Å². The molecule has 0 bridgehead atoms. The summed E-state index contributed by atoms with van der Waals surface area (Å²) in [5.74, 6) is -2.31. The van der Waals surface area contributed by atoms with Gasteiger partial charge in [0, 0.05) is 5.41 Å². The van der Waals surface area contributed by atoms with E-state index >= 15 is 0 Å². The maximum atomic E-state index is 11.6. The first-order valence-corrected chi connectivity index (χ1v) is 5.54. The van der Waals surface area contributed by atoms with Crippen LogP contribution in [-0.2, 0) is 14.4 Å². The van der Waals surface area contributed by atoms with Gasteiger partial charge in [-0.2, -0.15) is 0 Å². The topological polar surface area (TPSA) is 116 Å². The SMILES string of the molecule is CC(NC(=O)C(C)(C)C)C(=O)N[C@H](CO)C(=O)O. The Labute approximate surface area is 106 Å². The third-order valence-electron chi connectivity index (χ3n) is 2.22. The number of carboxylic acid groups (broad SMARTS) is 1. The van der Waals surface area contributed by atoms with Gasteiger partial charge in [-0.15, -0.1) is 0 Å². The van der Waals surface area contributed by atoms with Crippen LogP contribution in [0.4, 0.5) is 0 Å². The molecule has 7 heteroatoms. The molecule has 2 atom stereocenters. The fourth-order valence-electron chi connectivity index (χ4n) is 0.961. The molecule has 7 nitrogen and oxygen atoms in total. The number of hydrogen-bond donors (Lipinski definition) is 4. The van der Waals surface area contributed by atoms with Crippen LogP contribution in [0.3, 0.4) is 0 Å². The lowest BCUT2D eigenvalue weighted by Crippen LogP contribution is -2.53. The normalized spacial score (nSPS) is 14.5. The summed E-state index contributed by atoms with van der Waals surface area (Å²) in [6.45, 7) is 5.82. The molecule has 0 aromatic heterocycles. The van der Waals surface area contributed by atoms with Gasteiger partial charge in [0.05, 0.1) is 6.61 Å². The first kappa shape index (κ1) is 16.4. The van der Waals surface area contributed by atoms with Crippen molar-refractivity contribution < 1.29 is 24.6 Å². The molecule has 0 aromatic rings. The van der Waals surface area contributed by atoms with Crippen LogP contribution in [0.15, 0.2) is 0 Å². The van der Waals surface area contributed by atoms with Crippen LogP contribution in [-0.4, -0.2) is 46.7 Å². The number of hydrogen-bond acceptors (Lipinski definition) is 4. The van der Waals surface area contributed by atoms with Crippen molar-refractivity contribution in [1.29, 1.82) is 0 Å². The standard InChI is InChI=1S/C11H20N2O5/c1-6(12-10(18)11(2,3)4)8(15)13-7(5-14)9(16)17/h6-7,14H,5H2,1-4H3,(H,12,18)(H,13,15)(H,16,17)/t6?,7-/m1/s1. The van der Waals surface area contributed by atoms with Crippen molar-refractivity contribution in [2.24, 2.45) is 5.41 Å². The third-order valence-corrected chi connectivity index (χ3v) is 2.22. The Morgan fingerprint density at radius 2 is 1.67 bits per heavy atom. The predicted octanol–water partition coefficient (Wildman–Crippen LogP) is -0.901. The number of aliphatic hydroxyl groups is 1. The minimum atomic E-state index is -1.37. The summed E-state index contributed by atoms with van der Waals surface area (Å²) in [4.78, 5) is 33.8. The summed E-state index contributed by atoms with van der Waals surface area (Å²) in [5.41, 5.74) is -0.641. The Morgan fingerprint density at radius 1 is 1.17 bits per heavy atom. The van der Waals surface area contributed by atoms with E-state index in [2.05, 4.69) is 10.6 Å². The molecule has 0 aromatic carbocycles. The van der Waals surface area contributed by atoms with Gasteiger partial charge in [-0.05, 0) is 6.92 Å². The molecule has 0 aliphatic carbocycles. The maximum Gasteiger partial charge on any atom is 0.328 e. The number of aliphatic carboxylic acids is 1. The van der Waals surface area contributed by atoms with Crippen molar-refractivity contribution in [2.45, 2.75) is 39.8 Å². The minimum absolute atomic E-state index is 0.318. The summed E-state index contributed by atoms with van der Waals surface area (Å²) in [6, 6.07) is -2.24. The lowest BCUT2D eigenvalue weighted by Gasteiger charge is -2.22. The van der Waals surface area contributed by atoms with Crippen LogP contribution in [0.2, 0.25) is 0 Å². The molecule has 0 aliphatic heterocycles. The molecule has 0 fully saturated rings. The highest BCUT2D eigenvalue weighted by Crippen LogP contribution is 2.12. The maximum absolute atomic E-state index is 11.6. The zero-order valence-electron chi connectivity index (χ0n) is 11.0. The Kier molecular flexibility index (Phi) is 5.77. The van der Waals surface area contributed by atoms with Gasteiger partial charge < -0.3 is 20.8 Å². The van der Waals surface area contributed by atoms with Crippen LogP contribution in [0.5, 0.6) is 0 Å². The molecule has 18 heavy (non-hydrogen) atoms. The molecule has 1 unspecified atom stereocenters. The monoisotopic (exact) mass is 260 g/mol. The van der Waals surface area contributed by atoms with Crippen molar-refractivity contribution in [1.82, 2.24) is 10.6 Å². The average molecular weight is 260 g/mol.